The zero-order valence-electron chi connectivity index (χ0n) is 11.1. The highest BCUT2D eigenvalue weighted by molar-refractivity contribution is 7.98. The molecule has 0 aliphatic carbocycles. The number of benzene rings is 1. The van der Waals surface area contributed by atoms with Crippen molar-refractivity contribution in [2.75, 3.05) is 18.6 Å². The molecule has 0 radical (unpaired) electrons. The molecule has 0 saturated heterocycles. The number of aliphatic hydroxyl groups is 1. The van der Waals surface area contributed by atoms with Gasteiger partial charge < -0.3 is 5.11 Å². The van der Waals surface area contributed by atoms with E-state index in [0.29, 0.717) is 11.3 Å². The number of aryl methyl sites for hydroxylation is 1. The van der Waals surface area contributed by atoms with Crippen molar-refractivity contribution in [1.82, 2.24) is 4.72 Å². The van der Waals surface area contributed by atoms with Crippen molar-refractivity contribution in [3.05, 3.63) is 29.6 Å². The second-order valence-corrected chi connectivity index (χ2v) is 7.29. The van der Waals surface area contributed by atoms with Gasteiger partial charge in [0.25, 0.3) is 0 Å². The molecule has 0 saturated carbocycles. The van der Waals surface area contributed by atoms with E-state index in [4.69, 9.17) is 0 Å². The summed E-state index contributed by atoms with van der Waals surface area (Å²) in [6.07, 6.45) is 1.81. The lowest BCUT2D eigenvalue weighted by Crippen LogP contribution is -2.42. The van der Waals surface area contributed by atoms with Gasteiger partial charge in [0, 0.05) is 12.3 Å². The van der Waals surface area contributed by atoms with Gasteiger partial charge in [0.1, 0.15) is 10.7 Å². The van der Waals surface area contributed by atoms with Gasteiger partial charge in [-0.05, 0) is 37.8 Å². The molecule has 0 heterocycles. The van der Waals surface area contributed by atoms with Crippen molar-refractivity contribution in [2.45, 2.75) is 24.3 Å². The normalized spacial score (nSPS) is 15.2. The summed E-state index contributed by atoms with van der Waals surface area (Å²) in [5.41, 5.74) is -0.523. The Labute approximate surface area is 117 Å². The minimum Gasteiger partial charge on any atom is -0.388 e. The van der Waals surface area contributed by atoms with E-state index < -0.39 is 26.3 Å². The molecule has 1 unspecified atom stereocenters. The lowest BCUT2D eigenvalue weighted by atomic mass is 10.1. The van der Waals surface area contributed by atoms with Gasteiger partial charge in [-0.1, -0.05) is 6.07 Å². The smallest absolute Gasteiger partial charge is 0.243 e. The molecule has 0 aliphatic rings. The number of sulfonamides is 1. The summed E-state index contributed by atoms with van der Waals surface area (Å²) in [7, 11) is -3.96. The van der Waals surface area contributed by atoms with Crippen LogP contribution in [0.4, 0.5) is 4.39 Å². The van der Waals surface area contributed by atoms with E-state index in [0.717, 1.165) is 6.07 Å². The second-order valence-electron chi connectivity index (χ2n) is 4.69. The van der Waals surface area contributed by atoms with Crippen LogP contribution < -0.4 is 4.72 Å². The summed E-state index contributed by atoms with van der Waals surface area (Å²) in [5, 5.41) is 9.91. The Morgan fingerprint density at radius 3 is 2.68 bits per heavy atom. The molecule has 1 aromatic carbocycles. The van der Waals surface area contributed by atoms with Crippen LogP contribution in [-0.4, -0.2) is 37.7 Å². The topological polar surface area (TPSA) is 66.4 Å². The number of hydrogen-bond donors (Lipinski definition) is 2. The quantitative estimate of drug-likeness (QED) is 0.836. The molecule has 0 aliphatic heterocycles. The molecule has 1 aromatic rings. The van der Waals surface area contributed by atoms with E-state index in [1.54, 1.807) is 6.92 Å². The van der Waals surface area contributed by atoms with Crippen LogP contribution in [0, 0.1) is 12.7 Å². The number of hydrogen-bond acceptors (Lipinski definition) is 4. The van der Waals surface area contributed by atoms with E-state index in [1.807, 2.05) is 6.26 Å². The van der Waals surface area contributed by atoms with E-state index in [1.165, 1.54) is 30.8 Å². The first-order valence-electron chi connectivity index (χ1n) is 5.65. The fourth-order valence-electron chi connectivity index (χ4n) is 1.51. The Morgan fingerprint density at radius 2 is 2.11 bits per heavy atom. The van der Waals surface area contributed by atoms with Crippen LogP contribution in [0.25, 0.3) is 0 Å². The first kappa shape index (κ1) is 16.4. The molecule has 1 rings (SSSR count). The highest BCUT2D eigenvalue weighted by Gasteiger charge is 2.25. The van der Waals surface area contributed by atoms with E-state index in [-0.39, 0.29) is 6.54 Å². The van der Waals surface area contributed by atoms with Crippen LogP contribution in [0.5, 0.6) is 0 Å². The number of halogens is 1. The third-order valence-corrected chi connectivity index (χ3v) is 4.80. The van der Waals surface area contributed by atoms with Crippen LogP contribution in [-0.2, 0) is 10.0 Å². The van der Waals surface area contributed by atoms with Gasteiger partial charge in [-0.2, -0.15) is 11.8 Å². The molecule has 0 aromatic heterocycles. The first-order valence-corrected chi connectivity index (χ1v) is 8.53. The predicted octanol–water partition coefficient (Wildman–Crippen LogP) is 1.53. The van der Waals surface area contributed by atoms with Crippen LogP contribution in [0.3, 0.4) is 0 Å². The van der Waals surface area contributed by atoms with E-state index >= 15 is 0 Å². The lowest BCUT2D eigenvalue weighted by molar-refractivity contribution is 0.0908. The Kier molecular flexibility index (Phi) is 5.37. The van der Waals surface area contributed by atoms with E-state index in [2.05, 4.69) is 4.72 Å². The molecule has 4 nitrogen and oxygen atoms in total. The van der Waals surface area contributed by atoms with Gasteiger partial charge in [-0.25, -0.2) is 17.5 Å². The van der Waals surface area contributed by atoms with Crippen LogP contribution in [0.1, 0.15) is 12.5 Å². The van der Waals surface area contributed by atoms with Gasteiger partial charge in [0.15, 0.2) is 0 Å². The lowest BCUT2D eigenvalue weighted by Gasteiger charge is -2.22. The third-order valence-electron chi connectivity index (χ3n) is 2.47. The van der Waals surface area contributed by atoms with Crippen molar-refractivity contribution >= 4 is 21.8 Å². The summed E-state index contributed by atoms with van der Waals surface area (Å²) >= 11 is 1.40. The molecular weight excluding hydrogens is 289 g/mol. The summed E-state index contributed by atoms with van der Waals surface area (Å²) < 4.78 is 39.8. The van der Waals surface area contributed by atoms with Gasteiger partial charge in [0.2, 0.25) is 10.0 Å². The summed E-state index contributed by atoms with van der Waals surface area (Å²) in [4.78, 5) is -0.396. The molecule has 0 amide bonds. The predicted molar refractivity (Wildman–Crippen MR) is 75.3 cm³/mol. The SMILES string of the molecule is CSCC(C)(O)CNS(=O)(=O)c1cc(C)ccc1F. The molecule has 1 atom stereocenters. The Hall–Kier alpha value is -0.630. The monoisotopic (exact) mass is 307 g/mol. The zero-order chi connectivity index (χ0) is 14.7. The maximum Gasteiger partial charge on any atom is 0.243 e. The average Bonchev–Trinajstić information content (AvgIpc) is 2.30. The Balaban J connectivity index is 2.90. The third kappa shape index (κ3) is 4.76. The van der Waals surface area contributed by atoms with Crippen molar-refractivity contribution < 1.29 is 17.9 Å². The van der Waals surface area contributed by atoms with Crippen molar-refractivity contribution in [3.63, 3.8) is 0 Å². The zero-order valence-corrected chi connectivity index (χ0v) is 12.7. The molecule has 2 N–H and O–H groups in total. The van der Waals surface area contributed by atoms with Gasteiger partial charge >= 0.3 is 0 Å². The minimum atomic E-state index is -3.96. The summed E-state index contributed by atoms with van der Waals surface area (Å²) in [5.74, 6) is -0.422. The Bertz CT molecular complexity index is 544. The van der Waals surface area contributed by atoms with Crippen LogP contribution in [0.2, 0.25) is 0 Å². The fraction of sp³-hybridized carbons (Fsp3) is 0.500. The average molecular weight is 307 g/mol. The maximum atomic E-state index is 13.5. The summed E-state index contributed by atoms with van der Waals surface area (Å²) in [6, 6.07) is 3.88. The molecule has 0 bridgehead atoms. The number of nitrogens with one attached hydrogen (secondary N) is 1. The minimum absolute atomic E-state index is 0.163. The second kappa shape index (κ2) is 6.21. The fourth-order valence-corrected chi connectivity index (χ4v) is 3.55. The Morgan fingerprint density at radius 1 is 1.47 bits per heavy atom. The highest BCUT2D eigenvalue weighted by atomic mass is 32.2. The molecule has 108 valence electrons. The molecule has 19 heavy (non-hydrogen) atoms. The summed E-state index contributed by atoms with van der Waals surface area (Å²) in [6.45, 7) is 3.05. The van der Waals surface area contributed by atoms with Gasteiger partial charge in [0.05, 0.1) is 5.60 Å². The van der Waals surface area contributed by atoms with Crippen LogP contribution >= 0.6 is 11.8 Å². The molecule has 0 fully saturated rings. The van der Waals surface area contributed by atoms with Gasteiger partial charge in [-0.15, -0.1) is 0 Å². The molecule has 0 spiro atoms. The van der Waals surface area contributed by atoms with E-state index in [9.17, 15) is 17.9 Å². The number of rotatable bonds is 6. The van der Waals surface area contributed by atoms with Crippen LogP contribution in [0.15, 0.2) is 23.1 Å². The standard InChI is InChI=1S/C12H18FNO3S2/c1-9-4-5-10(13)11(6-9)19(16,17)14-7-12(2,15)8-18-3/h4-6,14-15H,7-8H2,1-3H3. The first-order chi connectivity index (χ1) is 8.68. The number of thioether (sulfide) groups is 1. The van der Waals surface area contributed by atoms with Crippen molar-refractivity contribution in [1.29, 1.82) is 0 Å². The largest absolute Gasteiger partial charge is 0.388 e. The van der Waals surface area contributed by atoms with Gasteiger partial charge in [-0.3, -0.25) is 0 Å². The molecular formula is C12H18FNO3S2. The van der Waals surface area contributed by atoms with Crippen molar-refractivity contribution in [3.8, 4) is 0 Å². The van der Waals surface area contributed by atoms with Crippen molar-refractivity contribution in [2.24, 2.45) is 0 Å². The highest BCUT2D eigenvalue weighted by Crippen LogP contribution is 2.17. The maximum absolute atomic E-state index is 13.5. The molecule has 7 heteroatoms.